The first-order valence-electron chi connectivity index (χ1n) is 8.27. The molecule has 1 heterocycles. The Hall–Kier alpha value is -1.02. The van der Waals surface area contributed by atoms with E-state index in [1.54, 1.807) is 0 Å². The molecule has 20 heavy (non-hydrogen) atoms. The van der Waals surface area contributed by atoms with Crippen molar-refractivity contribution in [1.82, 2.24) is 0 Å². The van der Waals surface area contributed by atoms with Gasteiger partial charge >= 0.3 is 0 Å². The van der Waals surface area contributed by atoms with Gasteiger partial charge in [-0.3, -0.25) is 0 Å². The minimum absolute atomic E-state index is 0.357. The molecule has 0 saturated heterocycles. The lowest BCUT2D eigenvalue weighted by molar-refractivity contribution is 0.145. The van der Waals surface area contributed by atoms with Crippen molar-refractivity contribution in [3.05, 3.63) is 29.3 Å². The smallest absolute Gasteiger partial charge is 0.128 e. The normalized spacial score (nSPS) is 21.1. The van der Waals surface area contributed by atoms with E-state index < -0.39 is 0 Å². The highest BCUT2D eigenvalue weighted by Gasteiger charge is 2.21. The van der Waals surface area contributed by atoms with E-state index in [9.17, 15) is 5.11 Å². The number of rotatable bonds is 4. The molecule has 0 radical (unpaired) electrons. The van der Waals surface area contributed by atoms with Crippen molar-refractivity contribution in [3.8, 4) is 5.75 Å². The number of hydrogen-bond acceptors (Lipinski definition) is 2. The van der Waals surface area contributed by atoms with E-state index in [4.69, 9.17) is 4.74 Å². The molecule has 2 nitrogen and oxygen atoms in total. The van der Waals surface area contributed by atoms with Crippen molar-refractivity contribution < 1.29 is 9.84 Å². The molecule has 1 saturated carbocycles. The van der Waals surface area contributed by atoms with Gasteiger partial charge in [0.15, 0.2) is 0 Å². The molecule has 1 aliphatic heterocycles. The second-order valence-corrected chi connectivity index (χ2v) is 6.38. The highest BCUT2D eigenvalue weighted by molar-refractivity contribution is 5.43. The second-order valence-electron chi connectivity index (χ2n) is 6.38. The summed E-state index contributed by atoms with van der Waals surface area (Å²) in [6.07, 6.45) is 10.7. The van der Waals surface area contributed by atoms with Crippen LogP contribution < -0.4 is 4.74 Å². The molecule has 0 bridgehead atoms. The fraction of sp³-hybridized carbons (Fsp3) is 0.667. The quantitative estimate of drug-likeness (QED) is 0.881. The molecular weight excluding hydrogens is 248 g/mol. The molecule has 1 atom stereocenters. The van der Waals surface area contributed by atoms with Gasteiger partial charge in [-0.1, -0.05) is 50.3 Å². The standard InChI is InChI=1S/C18H26O2/c19-17(12-11-14-6-2-1-3-7-14)16-10-4-8-15-9-5-13-20-18(15)16/h4,8,10,14,17,19H,1-3,5-7,9,11-13H2. The van der Waals surface area contributed by atoms with Crippen molar-refractivity contribution >= 4 is 0 Å². The molecule has 1 fully saturated rings. The fourth-order valence-electron chi connectivity index (χ4n) is 3.70. The van der Waals surface area contributed by atoms with Crippen LogP contribution in [0.2, 0.25) is 0 Å². The number of para-hydroxylation sites is 1. The molecule has 0 aromatic heterocycles. The number of ether oxygens (including phenoxy) is 1. The Kier molecular flexibility index (Phi) is 4.62. The summed E-state index contributed by atoms with van der Waals surface area (Å²) in [6, 6.07) is 6.23. The lowest BCUT2D eigenvalue weighted by Crippen LogP contribution is -2.13. The number of aliphatic hydroxyl groups is 1. The van der Waals surface area contributed by atoms with E-state index in [2.05, 4.69) is 12.1 Å². The number of aliphatic hydroxyl groups excluding tert-OH is 1. The Morgan fingerprint density at radius 2 is 2.00 bits per heavy atom. The van der Waals surface area contributed by atoms with Crippen molar-refractivity contribution in [2.24, 2.45) is 5.92 Å². The summed E-state index contributed by atoms with van der Waals surface area (Å²) >= 11 is 0. The van der Waals surface area contributed by atoms with Crippen LogP contribution in [0.15, 0.2) is 18.2 Å². The van der Waals surface area contributed by atoms with Gasteiger partial charge in [0.05, 0.1) is 12.7 Å². The molecule has 0 spiro atoms. The maximum absolute atomic E-state index is 10.5. The minimum atomic E-state index is -0.357. The highest BCUT2D eigenvalue weighted by Crippen LogP contribution is 2.36. The molecule has 1 aromatic rings. The molecular formula is C18H26O2. The average Bonchev–Trinajstić information content (AvgIpc) is 2.53. The zero-order valence-corrected chi connectivity index (χ0v) is 12.3. The fourth-order valence-corrected chi connectivity index (χ4v) is 3.70. The number of fused-ring (bicyclic) bond motifs is 1. The topological polar surface area (TPSA) is 29.5 Å². The molecule has 1 aliphatic carbocycles. The van der Waals surface area contributed by atoms with Crippen LogP contribution >= 0.6 is 0 Å². The van der Waals surface area contributed by atoms with Crippen LogP contribution in [0.4, 0.5) is 0 Å². The molecule has 2 aliphatic rings. The van der Waals surface area contributed by atoms with Gasteiger partial charge in [0, 0.05) is 5.56 Å². The minimum Gasteiger partial charge on any atom is -0.493 e. The van der Waals surface area contributed by atoms with E-state index in [1.807, 2.05) is 6.07 Å². The van der Waals surface area contributed by atoms with Gasteiger partial charge in [0.2, 0.25) is 0 Å². The summed E-state index contributed by atoms with van der Waals surface area (Å²) in [6.45, 7) is 0.791. The Labute approximate surface area is 122 Å². The lowest BCUT2D eigenvalue weighted by Gasteiger charge is -2.25. The first-order valence-corrected chi connectivity index (χ1v) is 8.27. The highest BCUT2D eigenvalue weighted by atomic mass is 16.5. The van der Waals surface area contributed by atoms with Crippen LogP contribution in [0, 0.1) is 5.92 Å². The predicted molar refractivity (Wildman–Crippen MR) is 81.0 cm³/mol. The number of benzene rings is 1. The molecule has 1 unspecified atom stereocenters. The zero-order valence-electron chi connectivity index (χ0n) is 12.3. The number of aryl methyl sites for hydroxylation is 1. The largest absolute Gasteiger partial charge is 0.493 e. The molecule has 0 amide bonds. The Balaban J connectivity index is 1.63. The summed E-state index contributed by atoms with van der Waals surface area (Å²) in [5, 5.41) is 10.5. The van der Waals surface area contributed by atoms with E-state index in [0.29, 0.717) is 0 Å². The van der Waals surface area contributed by atoms with Crippen LogP contribution in [-0.2, 0) is 6.42 Å². The van der Waals surface area contributed by atoms with Crippen LogP contribution in [0.1, 0.15) is 68.6 Å². The molecule has 2 heteroatoms. The maximum Gasteiger partial charge on any atom is 0.128 e. The van der Waals surface area contributed by atoms with Gasteiger partial charge in [-0.15, -0.1) is 0 Å². The van der Waals surface area contributed by atoms with E-state index in [0.717, 1.165) is 49.5 Å². The molecule has 1 aromatic carbocycles. The van der Waals surface area contributed by atoms with Crippen LogP contribution in [0.5, 0.6) is 5.75 Å². The maximum atomic E-state index is 10.5. The van der Waals surface area contributed by atoms with Gasteiger partial charge in [-0.2, -0.15) is 0 Å². The summed E-state index contributed by atoms with van der Waals surface area (Å²) in [5.74, 6) is 1.80. The summed E-state index contributed by atoms with van der Waals surface area (Å²) in [5.41, 5.74) is 2.28. The van der Waals surface area contributed by atoms with Crippen LogP contribution in [-0.4, -0.2) is 11.7 Å². The van der Waals surface area contributed by atoms with Crippen LogP contribution in [0.3, 0.4) is 0 Å². The number of hydrogen-bond donors (Lipinski definition) is 1. The first-order chi connectivity index (χ1) is 9.84. The average molecular weight is 274 g/mol. The van der Waals surface area contributed by atoms with Crippen molar-refractivity contribution in [2.75, 3.05) is 6.61 Å². The third kappa shape index (κ3) is 3.17. The van der Waals surface area contributed by atoms with Crippen molar-refractivity contribution in [2.45, 2.75) is 63.9 Å². The van der Waals surface area contributed by atoms with Gasteiger partial charge < -0.3 is 9.84 Å². The van der Waals surface area contributed by atoms with Gasteiger partial charge in [-0.05, 0) is 37.2 Å². The van der Waals surface area contributed by atoms with Gasteiger partial charge in [0.25, 0.3) is 0 Å². The van der Waals surface area contributed by atoms with E-state index in [-0.39, 0.29) is 6.10 Å². The predicted octanol–water partition coefficient (Wildman–Crippen LogP) is 4.41. The first kappa shape index (κ1) is 13.9. The summed E-state index contributed by atoms with van der Waals surface area (Å²) < 4.78 is 5.81. The zero-order chi connectivity index (χ0) is 13.8. The monoisotopic (exact) mass is 274 g/mol. The van der Waals surface area contributed by atoms with Gasteiger partial charge in [-0.25, -0.2) is 0 Å². The molecule has 110 valence electrons. The van der Waals surface area contributed by atoms with E-state index >= 15 is 0 Å². The van der Waals surface area contributed by atoms with Gasteiger partial charge in [0.1, 0.15) is 5.75 Å². The molecule has 3 rings (SSSR count). The van der Waals surface area contributed by atoms with E-state index in [1.165, 1.54) is 37.7 Å². The third-order valence-corrected chi connectivity index (χ3v) is 4.90. The Bertz CT molecular complexity index is 435. The SMILES string of the molecule is OC(CCC1CCCCC1)c1cccc2c1OCCC2. The molecule has 1 N–H and O–H groups in total. The van der Waals surface area contributed by atoms with Crippen molar-refractivity contribution in [1.29, 1.82) is 0 Å². The van der Waals surface area contributed by atoms with Crippen LogP contribution in [0.25, 0.3) is 0 Å². The second kappa shape index (κ2) is 6.62. The Morgan fingerprint density at radius 1 is 1.15 bits per heavy atom. The van der Waals surface area contributed by atoms with Crippen molar-refractivity contribution in [3.63, 3.8) is 0 Å². The summed E-state index contributed by atoms with van der Waals surface area (Å²) in [4.78, 5) is 0. The lowest BCUT2D eigenvalue weighted by atomic mass is 9.84. The Morgan fingerprint density at radius 3 is 2.85 bits per heavy atom. The third-order valence-electron chi connectivity index (χ3n) is 4.90. The summed E-state index contributed by atoms with van der Waals surface area (Å²) in [7, 11) is 0.